The van der Waals surface area contributed by atoms with Crippen molar-refractivity contribution in [1.29, 1.82) is 0 Å². The topological polar surface area (TPSA) is 9.23 Å². The lowest BCUT2D eigenvalue weighted by molar-refractivity contribution is 0.239. The second-order valence-corrected chi connectivity index (χ2v) is 11.3. The Labute approximate surface area is 125 Å². The van der Waals surface area contributed by atoms with Crippen LogP contribution in [0.4, 0.5) is 0 Å². The average Bonchev–Trinajstić information content (AvgIpc) is 3.06. The molecule has 0 saturated carbocycles. The van der Waals surface area contributed by atoms with Gasteiger partial charge in [0.05, 0.1) is 0 Å². The van der Waals surface area contributed by atoms with Crippen LogP contribution in [0.1, 0.15) is 32.6 Å². The van der Waals surface area contributed by atoms with Gasteiger partial charge in [-0.15, -0.1) is 0 Å². The predicted molar refractivity (Wildman–Crippen MR) is 90.3 cm³/mol. The van der Waals surface area contributed by atoms with Crippen LogP contribution >= 0.6 is 0 Å². The number of allylic oxidation sites excluding steroid dienone is 8. The molecule has 2 rings (SSSR count). The first-order valence-electron chi connectivity index (χ1n) is 7.84. The van der Waals surface area contributed by atoms with Crippen LogP contribution in [0.2, 0.25) is 19.6 Å². The fraction of sp³-hybridized carbons (Fsp3) is 0.556. The summed E-state index contributed by atoms with van der Waals surface area (Å²) in [6.07, 6.45) is 18.1. The zero-order valence-corrected chi connectivity index (χ0v) is 14.4. The molecular formula is C18H28OSi. The zero-order valence-electron chi connectivity index (χ0n) is 13.4. The van der Waals surface area contributed by atoms with Crippen LogP contribution in [0.3, 0.4) is 0 Å². The molecule has 2 aliphatic carbocycles. The van der Waals surface area contributed by atoms with Crippen molar-refractivity contribution in [2.75, 3.05) is 6.61 Å². The highest BCUT2D eigenvalue weighted by molar-refractivity contribution is 6.69. The molecule has 0 saturated heterocycles. The van der Waals surface area contributed by atoms with Crippen molar-refractivity contribution in [2.24, 2.45) is 5.41 Å². The molecule has 20 heavy (non-hydrogen) atoms. The first kappa shape index (κ1) is 15.5. The molecule has 0 spiro atoms. The van der Waals surface area contributed by atoms with E-state index in [1.54, 1.807) is 11.1 Å². The van der Waals surface area contributed by atoms with Crippen LogP contribution in [0, 0.1) is 5.41 Å². The highest BCUT2D eigenvalue weighted by Gasteiger charge is 2.36. The Morgan fingerprint density at radius 2 is 1.60 bits per heavy atom. The van der Waals surface area contributed by atoms with Crippen molar-refractivity contribution in [3.63, 3.8) is 0 Å². The molecule has 0 unspecified atom stereocenters. The van der Waals surface area contributed by atoms with Crippen LogP contribution in [0.25, 0.3) is 0 Å². The second kappa shape index (κ2) is 6.27. The Morgan fingerprint density at radius 3 is 1.95 bits per heavy atom. The number of hydrogen-bond acceptors (Lipinski definition) is 1. The molecule has 1 nitrogen and oxygen atoms in total. The van der Waals surface area contributed by atoms with Crippen LogP contribution in [0.5, 0.6) is 0 Å². The maximum absolute atomic E-state index is 6.15. The molecular weight excluding hydrogens is 260 g/mol. The Kier molecular flexibility index (Phi) is 4.87. The van der Waals surface area contributed by atoms with Crippen molar-refractivity contribution in [2.45, 2.75) is 52.2 Å². The van der Waals surface area contributed by atoms with Gasteiger partial charge in [-0.3, -0.25) is 0 Å². The quantitative estimate of drug-likeness (QED) is 0.570. The Morgan fingerprint density at radius 1 is 1.05 bits per heavy atom. The molecule has 0 radical (unpaired) electrons. The van der Waals surface area contributed by atoms with Gasteiger partial charge >= 0.3 is 0 Å². The summed E-state index contributed by atoms with van der Waals surface area (Å²) in [6, 6.07) is 0. The molecule has 110 valence electrons. The van der Waals surface area contributed by atoms with Gasteiger partial charge in [0.1, 0.15) is 0 Å². The van der Waals surface area contributed by atoms with Crippen LogP contribution in [-0.4, -0.2) is 14.9 Å². The van der Waals surface area contributed by atoms with E-state index in [9.17, 15) is 0 Å². The van der Waals surface area contributed by atoms with E-state index in [4.69, 9.17) is 4.43 Å². The molecule has 0 bridgehead atoms. The third-order valence-electron chi connectivity index (χ3n) is 4.44. The van der Waals surface area contributed by atoms with Crippen molar-refractivity contribution in [3.05, 3.63) is 47.6 Å². The van der Waals surface area contributed by atoms with Gasteiger partial charge in [0, 0.05) is 12.0 Å². The van der Waals surface area contributed by atoms with E-state index in [2.05, 4.69) is 63.0 Å². The van der Waals surface area contributed by atoms with Gasteiger partial charge in [-0.2, -0.15) is 0 Å². The maximum Gasteiger partial charge on any atom is 0.183 e. The van der Waals surface area contributed by atoms with Gasteiger partial charge in [0.25, 0.3) is 0 Å². The summed E-state index contributed by atoms with van der Waals surface area (Å²) in [6.45, 7) is 10.0. The minimum atomic E-state index is -1.42. The molecule has 0 N–H and O–H groups in total. The SMILES string of the molecule is CCC(CCO[Si](C)(C)C)(C1=CC=CC1)C1=CC=CC1. The third kappa shape index (κ3) is 3.42. The lowest BCUT2D eigenvalue weighted by atomic mass is 9.68. The van der Waals surface area contributed by atoms with Crippen molar-refractivity contribution < 1.29 is 4.43 Å². The Bertz CT molecular complexity index is 430. The van der Waals surface area contributed by atoms with E-state index in [0.29, 0.717) is 0 Å². The van der Waals surface area contributed by atoms with Crippen LogP contribution < -0.4 is 0 Å². The zero-order chi connectivity index (χ0) is 14.6. The van der Waals surface area contributed by atoms with E-state index in [1.807, 2.05) is 0 Å². The first-order valence-corrected chi connectivity index (χ1v) is 11.2. The summed E-state index contributed by atoms with van der Waals surface area (Å²) in [5.41, 5.74) is 3.37. The molecule has 2 aliphatic rings. The summed E-state index contributed by atoms with van der Waals surface area (Å²) < 4.78 is 6.15. The van der Waals surface area contributed by atoms with E-state index in [1.165, 1.54) is 6.42 Å². The highest BCUT2D eigenvalue weighted by atomic mass is 28.4. The lowest BCUT2D eigenvalue weighted by Crippen LogP contribution is -2.31. The Hall–Kier alpha value is -0.863. The largest absolute Gasteiger partial charge is 0.418 e. The van der Waals surface area contributed by atoms with Gasteiger partial charge in [-0.05, 0) is 45.3 Å². The van der Waals surface area contributed by atoms with Gasteiger partial charge < -0.3 is 4.43 Å². The number of rotatable bonds is 7. The molecule has 0 aromatic heterocycles. The van der Waals surface area contributed by atoms with Gasteiger partial charge in [-0.25, -0.2) is 0 Å². The summed E-state index contributed by atoms with van der Waals surface area (Å²) in [7, 11) is -1.42. The summed E-state index contributed by atoms with van der Waals surface area (Å²) in [4.78, 5) is 0. The fourth-order valence-electron chi connectivity index (χ4n) is 3.29. The second-order valence-electron chi connectivity index (χ2n) is 6.79. The summed E-state index contributed by atoms with van der Waals surface area (Å²) >= 11 is 0. The molecule has 0 amide bonds. The van der Waals surface area contributed by atoms with Gasteiger partial charge in [0.15, 0.2) is 8.32 Å². The lowest BCUT2D eigenvalue weighted by Gasteiger charge is -2.37. The van der Waals surface area contributed by atoms with Crippen LogP contribution in [0.15, 0.2) is 47.6 Å². The smallest absolute Gasteiger partial charge is 0.183 e. The minimum Gasteiger partial charge on any atom is -0.418 e. The normalized spacial score (nSPS) is 18.6. The standard InChI is InChI=1S/C18H28OSi/c1-5-18(16-10-6-7-11-16,17-12-8-9-13-17)14-15-19-20(2,3)4/h6-10,12H,5,11,13-15H2,1-4H3. The molecule has 0 aliphatic heterocycles. The van der Waals surface area contributed by atoms with E-state index < -0.39 is 8.32 Å². The van der Waals surface area contributed by atoms with E-state index in [-0.39, 0.29) is 5.41 Å². The predicted octanol–water partition coefficient (Wildman–Crippen LogP) is 5.40. The minimum absolute atomic E-state index is 0.215. The highest BCUT2D eigenvalue weighted by Crippen LogP contribution is 2.48. The van der Waals surface area contributed by atoms with Gasteiger partial charge in [0.2, 0.25) is 0 Å². The van der Waals surface area contributed by atoms with Crippen molar-refractivity contribution >= 4 is 8.32 Å². The van der Waals surface area contributed by atoms with Crippen molar-refractivity contribution in [1.82, 2.24) is 0 Å². The van der Waals surface area contributed by atoms with E-state index in [0.717, 1.165) is 25.9 Å². The van der Waals surface area contributed by atoms with Gasteiger partial charge in [-0.1, -0.05) is 54.5 Å². The molecule has 0 fully saturated rings. The Balaban J connectivity index is 2.15. The summed E-state index contributed by atoms with van der Waals surface area (Å²) in [5, 5.41) is 0. The third-order valence-corrected chi connectivity index (χ3v) is 5.51. The average molecular weight is 289 g/mol. The molecule has 0 atom stereocenters. The monoisotopic (exact) mass is 288 g/mol. The first-order chi connectivity index (χ1) is 9.48. The molecule has 0 heterocycles. The van der Waals surface area contributed by atoms with E-state index >= 15 is 0 Å². The molecule has 0 aromatic rings. The number of hydrogen-bond donors (Lipinski definition) is 0. The summed E-state index contributed by atoms with van der Waals surface area (Å²) in [5.74, 6) is 0. The molecule has 2 heteroatoms. The fourth-order valence-corrected chi connectivity index (χ4v) is 4.01. The maximum atomic E-state index is 6.15. The van der Waals surface area contributed by atoms with Crippen LogP contribution in [-0.2, 0) is 4.43 Å². The molecule has 0 aromatic carbocycles. The van der Waals surface area contributed by atoms with Crippen molar-refractivity contribution in [3.8, 4) is 0 Å².